The molecule has 1 aromatic carbocycles. The topological polar surface area (TPSA) is 52.7 Å². The Kier molecular flexibility index (Phi) is 7.34. The molecule has 0 spiro atoms. The van der Waals surface area contributed by atoms with Crippen molar-refractivity contribution in [3.63, 3.8) is 0 Å². The monoisotopic (exact) mass is 371 g/mol. The Morgan fingerprint density at radius 1 is 1.08 bits per heavy atom. The third kappa shape index (κ3) is 5.65. The van der Waals surface area contributed by atoms with E-state index in [0.29, 0.717) is 15.7 Å². The Labute approximate surface area is 152 Å². The fraction of sp³-hybridized carbons (Fsp3) is 0.529. The van der Waals surface area contributed by atoms with Gasteiger partial charge in [-0.2, -0.15) is 0 Å². The first-order valence-corrected chi connectivity index (χ1v) is 8.93. The van der Waals surface area contributed by atoms with E-state index in [1.807, 2.05) is 4.90 Å². The van der Waals surface area contributed by atoms with E-state index in [2.05, 4.69) is 5.32 Å². The molecule has 1 saturated heterocycles. The van der Waals surface area contributed by atoms with Crippen molar-refractivity contribution in [2.75, 3.05) is 38.5 Å². The lowest BCUT2D eigenvalue weighted by Crippen LogP contribution is -2.41. The molecular formula is C17H23Cl2N3O2. The van der Waals surface area contributed by atoms with E-state index >= 15 is 0 Å². The van der Waals surface area contributed by atoms with Crippen LogP contribution in [0.4, 0.5) is 5.69 Å². The maximum Gasteiger partial charge on any atom is 0.238 e. The fourth-order valence-electron chi connectivity index (χ4n) is 2.75. The van der Waals surface area contributed by atoms with E-state index < -0.39 is 0 Å². The zero-order chi connectivity index (χ0) is 17.5. The minimum Gasteiger partial charge on any atom is -0.342 e. The normalized spacial score (nSPS) is 15.2. The number of carbonyl (C=O) groups is 2. The lowest BCUT2D eigenvalue weighted by Gasteiger charge is -2.24. The molecule has 24 heavy (non-hydrogen) atoms. The number of para-hydroxylation sites is 1. The van der Waals surface area contributed by atoms with Crippen molar-refractivity contribution in [1.82, 2.24) is 9.80 Å². The molecule has 0 atom stereocenters. The van der Waals surface area contributed by atoms with Crippen molar-refractivity contribution >= 4 is 40.7 Å². The van der Waals surface area contributed by atoms with Gasteiger partial charge in [0.2, 0.25) is 11.8 Å². The molecule has 2 amide bonds. The van der Waals surface area contributed by atoms with Crippen LogP contribution in [0.3, 0.4) is 0 Å². The van der Waals surface area contributed by atoms with E-state index in [0.717, 1.165) is 25.9 Å². The summed E-state index contributed by atoms with van der Waals surface area (Å²) < 4.78 is 0. The maximum atomic E-state index is 12.3. The second-order valence-corrected chi connectivity index (χ2v) is 6.93. The van der Waals surface area contributed by atoms with Gasteiger partial charge in [0.05, 0.1) is 28.8 Å². The van der Waals surface area contributed by atoms with E-state index in [1.54, 1.807) is 30.1 Å². The van der Waals surface area contributed by atoms with Gasteiger partial charge in [0.1, 0.15) is 0 Å². The van der Waals surface area contributed by atoms with Crippen LogP contribution in [-0.2, 0) is 9.59 Å². The first-order valence-electron chi connectivity index (χ1n) is 8.17. The number of hydrogen-bond acceptors (Lipinski definition) is 3. The van der Waals surface area contributed by atoms with Crippen LogP contribution in [0.1, 0.15) is 25.7 Å². The number of benzene rings is 1. The molecule has 0 unspecified atom stereocenters. The number of nitrogens with zero attached hydrogens (tertiary/aromatic N) is 2. The molecule has 1 aliphatic heterocycles. The summed E-state index contributed by atoms with van der Waals surface area (Å²) in [5.41, 5.74) is 0.401. The Bertz CT molecular complexity index is 567. The van der Waals surface area contributed by atoms with Crippen molar-refractivity contribution < 1.29 is 9.59 Å². The highest BCUT2D eigenvalue weighted by Crippen LogP contribution is 2.29. The van der Waals surface area contributed by atoms with Gasteiger partial charge in [-0.25, -0.2) is 0 Å². The van der Waals surface area contributed by atoms with Crippen molar-refractivity contribution in [2.24, 2.45) is 0 Å². The predicted molar refractivity (Wildman–Crippen MR) is 97.6 cm³/mol. The smallest absolute Gasteiger partial charge is 0.238 e. The van der Waals surface area contributed by atoms with Crippen molar-refractivity contribution in [1.29, 1.82) is 0 Å². The highest BCUT2D eigenvalue weighted by Gasteiger charge is 2.18. The molecular weight excluding hydrogens is 349 g/mol. The number of rotatable bonds is 5. The molecule has 132 valence electrons. The standard InChI is InChI=1S/C17H23Cl2N3O2/c1-21(12-16(24)22-9-4-2-3-5-10-22)11-15(23)20-17-13(18)7-6-8-14(17)19/h6-8H,2-5,9-12H2,1H3,(H,20,23). The molecule has 2 rings (SSSR count). The molecule has 1 N–H and O–H groups in total. The molecule has 0 aliphatic carbocycles. The number of amides is 2. The van der Waals surface area contributed by atoms with Crippen LogP contribution in [0.5, 0.6) is 0 Å². The number of hydrogen-bond donors (Lipinski definition) is 1. The average molecular weight is 372 g/mol. The zero-order valence-corrected chi connectivity index (χ0v) is 15.4. The van der Waals surface area contributed by atoms with Crippen LogP contribution >= 0.6 is 23.2 Å². The summed E-state index contributed by atoms with van der Waals surface area (Å²) >= 11 is 12.1. The van der Waals surface area contributed by atoms with Gasteiger partial charge in [-0.05, 0) is 32.0 Å². The first-order chi connectivity index (χ1) is 11.5. The second-order valence-electron chi connectivity index (χ2n) is 6.11. The van der Waals surface area contributed by atoms with Gasteiger partial charge in [0.15, 0.2) is 0 Å². The minimum atomic E-state index is -0.254. The molecule has 0 saturated carbocycles. The summed E-state index contributed by atoms with van der Waals surface area (Å²) in [6, 6.07) is 5.04. The van der Waals surface area contributed by atoms with E-state index in [4.69, 9.17) is 23.2 Å². The molecule has 1 fully saturated rings. The molecule has 5 nitrogen and oxygen atoms in total. The Hall–Kier alpha value is -1.30. The summed E-state index contributed by atoms with van der Waals surface area (Å²) in [5, 5.41) is 3.48. The summed E-state index contributed by atoms with van der Waals surface area (Å²) in [6.07, 6.45) is 4.48. The second kappa shape index (κ2) is 9.25. The largest absolute Gasteiger partial charge is 0.342 e. The van der Waals surface area contributed by atoms with Crippen LogP contribution in [0, 0.1) is 0 Å². The molecule has 1 heterocycles. The van der Waals surface area contributed by atoms with Gasteiger partial charge in [-0.1, -0.05) is 42.1 Å². The Morgan fingerprint density at radius 2 is 1.67 bits per heavy atom. The van der Waals surface area contributed by atoms with E-state index in [9.17, 15) is 9.59 Å². The van der Waals surface area contributed by atoms with Gasteiger partial charge in [-0.15, -0.1) is 0 Å². The fourth-order valence-corrected chi connectivity index (χ4v) is 3.24. The van der Waals surface area contributed by atoms with Crippen LogP contribution < -0.4 is 5.32 Å². The zero-order valence-electron chi connectivity index (χ0n) is 13.9. The summed E-state index contributed by atoms with van der Waals surface area (Å²) in [5.74, 6) is -0.181. The lowest BCUT2D eigenvalue weighted by molar-refractivity contribution is -0.132. The maximum absolute atomic E-state index is 12.3. The molecule has 1 aromatic rings. The molecule has 1 aliphatic rings. The Morgan fingerprint density at radius 3 is 2.25 bits per heavy atom. The van der Waals surface area contributed by atoms with Crippen molar-refractivity contribution in [3.05, 3.63) is 28.2 Å². The van der Waals surface area contributed by atoms with Crippen LogP contribution in [-0.4, -0.2) is 54.8 Å². The summed E-state index contributed by atoms with van der Waals surface area (Å²) in [7, 11) is 1.75. The minimum absolute atomic E-state index is 0.0722. The molecule has 7 heteroatoms. The molecule has 0 bridgehead atoms. The third-order valence-corrected chi connectivity index (χ3v) is 4.63. The van der Waals surface area contributed by atoms with Gasteiger partial charge in [0.25, 0.3) is 0 Å². The number of carbonyl (C=O) groups excluding carboxylic acids is 2. The highest BCUT2D eigenvalue weighted by atomic mass is 35.5. The third-order valence-electron chi connectivity index (χ3n) is 4.00. The van der Waals surface area contributed by atoms with Gasteiger partial charge >= 0.3 is 0 Å². The van der Waals surface area contributed by atoms with Gasteiger partial charge < -0.3 is 10.2 Å². The SMILES string of the molecule is CN(CC(=O)Nc1c(Cl)cccc1Cl)CC(=O)N1CCCCCC1. The summed E-state index contributed by atoms with van der Waals surface area (Å²) in [6.45, 7) is 1.95. The average Bonchev–Trinajstić information content (AvgIpc) is 2.80. The predicted octanol–water partition coefficient (Wildman–Crippen LogP) is 3.27. The van der Waals surface area contributed by atoms with Gasteiger partial charge in [-0.3, -0.25) is 14.5 Å². The number of nitrogens with one attached hydrogen (secondary N) is 1. The van der Waals surface area contributed by atoms with E-state index in [1.165, 1.54) is 12.8 Å². The van der Waals surface area contributed by atoms with Crippen LogP contribution in [0.15, 0.2) is 18.2 Å². The highest BCUT2D eigenvalue weighted by molar-refractivity contribution is 6.39. The Balaban J connectivity index is 1.84. The van der Waals surface area contributed by atoms with Crippen LogP contribution in [0.25, 0.3) is 0 Å². The molecule has 0 aromatic heterocycles. The van der Waals surface area contributed by atoms with E-state index in [-0.39, 0.29) is 24.9 Å². The summed E-state index contributed by atoms with van der Waals surface area (Å²) in [4.78, 5) is 28.1. The molecule has 0 radical (unpaired) electrons. The first kappa shape index (κ1) is 19.0. The quantitative estimate of drug-likeness (QED) is 0.863. The van der Waals surface area contributed by atoms with Crippen molar-refractivity contribution in [2.45, 2.75) is 25.7 Å². The lowest BCUT2D eigenvalue weighted by atomic mass is 10.2. The van der Waals surface area contributed by atoms with Gasteiger partial charge in [0, 0.05) is 13.1 Å². The van der Waals surface area contributed by atoms with Crippen LogP contribution in [0.2, 0.25) is 10.0 Å². The number of likely N-dealkylation sites (tertiary alicyclic amines) is 1. The number of halogens is 2. The number of anilines is 1. The van der Waals surface area contributed by atoms with Crippen molar-refractivity contribution in [3.8, 4) is 0 Å². The number of likely N-dealkylation sites (N-methyl/N-ethyl adjacent to an activating group) is 1.